The minimum atomic E-state index is 0.241. The van der Waals surface area contributed by atoms with Crippen molar-refractivity contribution >= 4 is 17.1 Å². The maximum Gasteiger partial charge on any atom is 0.172 e. The molecule has 0 aliphatic rings. The van der Waals surface area contributed by atoms with E-state index < -0.39 is 0 Å². The Morgan fingerprint density at radius 3 is 2.76 bits per heavy atom. The van der Waals surface area contributed by atoms with E-state index in [9.17, 15) is 4.79 Å². The summed E-state index contributed by atoms with van der Waals surface area (Å²) in [5.41, 5.74) is 0. The second kappa shape index (κ2) is 8.39. The summed E-state index contributed by atoms with van der Waals surface area (Å²) in [5.74, 6) is 0.248. The normalized spacial score (nSPS) is 11.0. The van der Waals surface area contributed by atoms with Gasteiger partial charge < -0.3 is 10.0 Å². The van der Waals surface area contributed by atoms with E-state index in [-0.39, 0.29) is 12.4 Å². The number of Topliss-reactive ketones (excluding diaryl/α,β-unsaturated/α-hetero) is 1. The van der Waals surface area contributed by atoms with E-state index in [0.29, 0.717) is 6.42 Å². The zero-order valence-corrected chi connectivity index (χ0v) is 11.2. The summed E-state index contributed by atoms with van der Waals surface area (Å²) < 4.78 is 0. The van der Waals surface area contributed by atoms with Gasteiger partial charge in [0.1, 0.15) is 0 Å². The topological polar surface area (TPSA) is 40.5 Å². The molecule has 1 aromatic rings. The van der Waals surface area contributed by atoms with Gasteiger partial charge in [-0.2, -0.15) is 0 Å². The third-order valence-electron chi connectivity index (χ3n) is 2.75. The maximum absolute atomic E-state index is 11.7. The van der Waals surface area contributed by atoms with Crippen molar-refractivity contribution in [3.63, 3.8) is 0 Å². The second-order valence-corrected chi connectivity index (χ2v) is 4.96. The predicted octanol–water partition coefficient (Wildman–Crippen LogP) is 2.42. The van der Waals surface area contributed by atoms with E-state index in [1.54, 1.807) is 0 Å². The van der Waals surface area contributed by atoms with E-state index in [2.05, 4.69) is 11.8 Å². The first-order chi connectivity index (χ1) is 8.27. The summed E-state index contributed by atoms with van der Waals surface area (Å²) in [6.45, 7) is 5.18. The first-order valence-electron chi connectivity index (χ1n) is 6.17. The van der Waals surface area contributed by atoms with Gasteiger partial charge in [-0.3, -0.25) is 4.79 Å². The average molecular weight is 255 g/mol. The van der Waals surface area contributed by atoms with Crippen molar-refractivity contribution in [1.29, 1.82) is 0 Å². The molecule has 1 N–H and O–H groups in total. The van der Waals surface area contributed by atoms with Gasteiger partial charge in [0.2, 0.25) is 0 Å². The third-order valence-corrected chi connectivity index (χ3v) is 3.66. The molecule has 0 aliphatic heterocycles. The molecule has 0 bridgehead atoms. The summed E-state index contributed by atoms with van der Waals surface area (Å²) in [6, 6.07) is 3.80. The lowest BCUT2D eigenvalue weighted by Crippen LogP contribution is -2.26. The molecule has 0 fully saturated rings. The highest BCUT2D eigenvalue weighted by Gasteiger charge is 2.08. The Balaban J connectivity index is 2.19. The van der Waals surface area contributed by atoms with Crippen molar-refractivity contribution < 1.29 is 9.90 Å². The Morgan fingerprint density at radius 1 is 1.41 bits per heavy atom. The Morgan fingerprint density at radius 2 is 2.18 bits per heavy atom. The molecule has 0 aliphatic carbocycles. The van der Waals surface area contributed by atoms with Crippen LogP contribution in [0.25, 0.3) is 0 Å². The largest absolute Gasteiger partial charge is 0.396 e. The number of carbonyl (C=O) groups is 1. The lowest BCUT2D eigenvalue weighted by atomic mass is 10.2. The number of aliphatic hydroxyl groups is 1. The van der Waals surface area contributed by atoms with Gasteiger partial charge in [-0.1, -0.05) is 13.0 Å². The van der Waals surface area contributed by atoms with Gasteiger partial charge >= 0.3 is 0 Å². The molecular formula is C13H21NO2S. The van der Waals surface area contributed by atoms with Crippen molar-refractivity contribution in [3.8, 4) is 0 Å². The van der Waals surface area contributed by atoms with Crippen LogP contribution in [0.1, 0.15) is 35.9 Å². The minimum Gasteiger partial charge on any atom is -0.396 e. The molecule has 0 amide bonds. The highest BCUT2D eigenvalue weighted by atomic mass is 32.1. The van der Waals surface area contributed by atoms with Crippen LogP contribution in [0, 0.1) is 0 Å². The summed E-state index contributed by atoms with van der Waals surface area (Å²) >= 11 is 1.51. The van der Waals surface area contributed by atoms with Crippen LogP contribution >= 0.6 is 11.3 Å². The fraction of sp³-hybridized carbons (Fsp3) is 0.615. The first kappa shape index (κ1) is 14.4. The Hall–Kier alpha value is -0.710. The van der Waals surface area contributed by atoms with Crippen LogP contribution in [0.3, 0.4) is 0 Å². The van der Waals surface area contributed by atoms with Gasteiger partial charge in [0, 0.05) is 19.6 Å². The van der Waals surface area contributed by atoms with E-state index >= 15 is 0 Å². The van der Waals surface area contributed by atoms with Gasteiger partial charge in [0.05, 0.1) is 4.88 Å². The number of hydrogen-bond acceptors (Lipinski definition) is 4. The molecule has 0 unspecified atom stereocenters. The van der Waals surface area contributed by atoms with Crippen LogP contribution in [-0.2, 0) is 0 Å². The van der Waals surface area contributed by atoms with Crippen LogP contribution in [0.15, 0.2) is 17.5 Å². The summed E-state index contributed by atoms with van der Waals surface area (Å²) in [4.78, 5) is 14.9. The van der Waals surface area contributed by atoms with Gasteiger partial charge in [0.15, 0.2) is 5.78 Å². The molecular weight excluding hydrogens is 234 g/mol. The van der Waals surface area contributed by atoms with Crippen LogP contribution in [0.4, 0.5) is 0 Å². The standard InChI is InChI=1S/C13H21NO2S/c1-2-14(9-5-10-15)8-3-6-12(16)13-7-4-11-17-13/h4,7,11,15H,2-3,5-6,8-10H2,1H3. The van der Waals surface area contributed by atoms with Crippen molar-refractivity contribution in [2.24, 2.45) is 0 Å². The summed E-state index contributed by atoms with van der Waals surface area (Å²) in [7, 11) is 0. The van der Waals surface area contributed by atoms with E-state index in [1.807, 2.05) is 17.5 Å². The molecule has 96 valence electrons. The van der Waals surface area contributed by atoms with Crippen LogP contribution in [-0.4, -0.2) is 42.0 Å². The van der Waals surface area contributed by atoms with Gasteiger partial charge in [-0.05, 0) is 37.4 Å². The molecule has 1 rings (SSSR count). The molecule has 1 heterocycles. The lowest BCUT2D eigenvalue weighted by Gasteiger charge is -2.19. The third kappa shape index (κ3) is 5.44. The molecule has 0 radical (unpaired) electrons. The van der Waals surface area contributed by atoms with Crippen molar-refractivity contribution in [2.45, 2.75) is 26.2 Å². The summed E-state index contributed by atoms with van der Waals surface area (Å²) in [6.07, 6.45) is 2.33. The molecule has 3 nitrogen and oxygen atoms in total. The smallest absolute Gasteiger partial charge is 0.172 e. The average Bonchev–Trinajstić information content (AvgIpc) is 2.87. The second-order valence-electron chi connectivity index (χ2n) is 4.02. The maximum atomic E-state index is 11.7. The van der Waals surface area contributed by atoms with Crippen molar-refractivity contribution in [2.75, 3.05) is 26.2 Å². The van der Waals surface area contributed by atoms with Crippen molar-refractivity contribution in [1.82, 2.24) is 4.90 Å². The molecule has 0 atom stereocenters. The molecule has 1 aromatic heterocycles. The monoisotopic (exact) mass is 255 g/mol. The van der Waals surface area contributed by atoms with Gasteiger partial charge in [-0.15, -0.1) is 11.3 Å². The fourth-order valence-corrected chi connectivity index (χ4v) is 2.44. The number of thiophene rings is 1. The van der Waals surface area contributed by atoms with Crippen LogP contribution in [0.5, 0.6) is 0 Å². The Bertz CT molecular complexity index is 311. The summed E-state index contributed by atoms with van der Waals surface area (Å²) in [5, 5.41) is 10.7. The van der Waals surface area contributed by atoms with E-state index in [0.717, 1.165) is 37.4 Å². The number of hydrogen-bond donors (Lipinski definition) is 1. The number of nitrogens with zero attached hydrogens (tertiary/aromatic N) is 1. The first-order valence-corrected chi connectivity index (χ1v) is 7.05. The Labute approximate surface area is 107 Å². The molecule has 0 spiro atoms. The molecule has 0 aromatic carbocycles. The van der Waals surface area contributed by atoms with E-state index in [4.69, 9.17) is 5.11 Å². The number of carbonyl (C=O) groups excluding carboxylic acids is 1. The number of rotatable bonds is 9. The zero-order valence-electron chi connectivity index (χ0n) is 10.4. The molecule has 0 saturated heterocycles. The quantitative estimate of drug-likeness (QED) is 0.689. The zero-order chi connectivity index (χ0) is 12.5. The van der Waals surface area contributed by atoms with Crippen LogP contribution < -0.4 is 0 Å². The highest BCUT2D eigenvalue weighted by Crippen LogP contribution is 2.12. The predicted molar refractivity (Wildman–Crippen MR) is 71.7 cm³/mol. The number of aliphatic hydroxyl groups excluding tert-OH is 1. The van der Waals surface area contributed by atoms with Gasteiger partial charge in [0.25, 0.3) is 0 Å². The van der Waals surface area contributed by atoms with E-state index in [1.165, 1.54) is 11.3 Å². The molecule has 0 saturated carbocycles. The number of ketones is 1. The molecule has 17 heavy (non-hydrogen) atoms. The van der Waals surface area contributed by atoms with Crippen LogP contribution in [0.2, 0.25) is 0 Å². The fourth-order valence-electron chi connectivity index (χ4n) is 1.75. The van der Waals surface area contributed by atoms with Gasteiger partial charge in [-0.25, -0.2) is 0 Å². The van der Waals surface area contributed by atoms with Crippen molar-refractivity contribution in [3.05, 3.63) is 22.4 Å². The highest BCUT2D eigenvalue weighted by molar-refractivity contribution is 7.12. The SMILES string of the molecule is CCN(CCCO)CCCC(=O)c1cccs1. The molecule has 4 heteroatoms. The lowest BCUT2D eigenvalue weighted by molar-refractivity contribution is 0.0978. The minimum absolute atomic E-state index is 0.241. The Kier molecular flexibility index (Phi) is 7.08.